The molecular weight excluding hydrogens is 244 g/mol. The van der Waals surface area contributed by atoms with Crippen molar-refractivity contribution in [2.75, 3.05) is 18.5 Å². The molecule has 0 aliphatic rings. The number of carbonyl (C=O) groups is 2. The Balaban J connectivity index is 2.72. The summed E-state index contributed by atoms with van der Waals surface area (Å²) >= 11 is 0. The van der Waals surface area contributed by atoms with E-state index in [0.29, 0.717) is 37.2 Å². The zero-order chi connectivity index (χ0) is 14.3. The molecule has 0 aromatic heterocycles. The average molecular weight is 264 g/mol. The number of esters is 1. The SMILES string of the molecule is CCOC(=O)c1ccc(NC(=O)CCCN)c(C)c1. The molecule has 5 heteroatoms. The second-order valence-electron chi connectivity index (χ2n) is 4.19. The van der Waals surface area contributed by atoms with Crippen molar-refractivity contribution in [3.8, 4) is 0 Å². The lowest BCUT2D eigenvalue weighted by molar-refractivity contribution is -0.116. The standard InChI is InChI=1S/C14H20N2O3/c1-3-19-14(18)11-6-7-12(10(2)9-11)16-13(17)5-4-8-15/h6-7,9H,3-5,8,15H2,1-2H3,(H,16,17). The zero-order valence-corrected chi connectivity index (χ0v) is 11.4. The minimum absolute atomic E-state index is 0.0718. The van der Waals surface area contributed by atoms with E-state index in [9.17, 15) is 9.59 Å². The molecule has 0 saturated heterocycles. The first-order valence-electron chi connectivity index (χ1n) is 6.36. The van der Waals surface area contributed by atoms with Crippen molar-refractivity contribution >= 4 is 17.6 Å². The predicted octanol–water partition coefficient (Wildman–Crippen LogP) is 1.85. The van der Waals surface area contributed by atoms with Gasteiger partial charge in [0.25, 0.3) is 0 Å². The van der Waals surface area contributed by atoms with Crippen LogP contribution in [-0.4, -0.2) is 25.0 Å². The maximum Gasteiger partial charge on any atom is 0.338 e. The third kappa shape index (κ3) is 4.71. The highest BCUT2D eigenvalue weighted by Gasteiger charge is 2.09. The Kier molecular flexibility index (Phi) is 6.02. The van der Waals surface area contributed by atoms with Crippen LogP contribution >= 0.6 is 0 Å². The van der Waals surface area contributed by atoms with Gasteiger partial charge < -0.3 is 15.8 Å². The van der Waals surface area contributed by atoms with Crippen molar-refractivity contribution in [1.82, 2.24) is 0 Å². The van der Waals surface area contributed by atoms with E-state index in [-0.39, 0.29) is 11.9 Å². The van der Waals surface area contributed by atoms with Crippen LogP contribution < -0.4 is 11.1 Å². The van der Waals surface area contributed by atoms with Crippen LogP contribution in [0, 0.1) is 6.92 Å². The second-order valence-corrected chi connectivity index (χ2v) is 4.19. The second kappa shape index (κ2) is 7.53. The van der Waals surface area contributed by atoms with Crippen LogP contribution in [0.25, 0.3) is 0 Å². The Bertz CT molecular complexity index is 458. The van der Waals surface area contributed by atoms with E-state index < -0.39 is 0 Å². The van der Waals surface area contributed by atoms with Crippen LogP contribution in [0.4, 0.5) is 5.69 Å². The molecule has 1 aromatic carbocycles. The van der Waals surface area contributed by atoms with Gasteiger partial charge in [-0.1, -0.05) is 0 Å². The maximum absolute atomic E-state index is 11.6. The van der Waals surface area contributed by atoms with Gasteiger partial charge >= 0.3 is 5.97 Å². The molecule has 0 aliphatic heterocycles. The lowest BCUT2D eigenvalue weighted by Crippen LogP contribution is -2.14. The number of anilines is 1. The summed E-state index contributed by atoms with van der Waals surface area (Å²) in [6, 6.07) is 5.06. The van der Waals surface area contributed by atoms with Gasteiger partial charge in [-0.3, -0.25) is 4.79 Å². The van der Waals surface area contributed by atoms with Crippen molar-refractivity contribution in [2.45, 2.75) is 26.7 Å². The number of aryl methyl sites for hydroxylation is 1. The Morgan fingerprint density at radius 3 is 2.68 bits per heavy atom. The number of nitrogens with one attached hydrogen (secondary N) is 1. The van der Waals surface area contributed by atoms with Crippen LogP contribution in [0.2, 0.25) is 0 Å². The molecule has 0 saturated carbocycles. The number of ether oxygens (including phenoxy) is 1. The smallest absolute Gasteiger partial charge is 0.338 e. The van der Waals surface area contributed by atoms with Crippen molar-refractivity contribution in [3.63, 3.8) is 0 Å². The van der Waals surface area contributed by atoms with Crippen LogP contribution in [0.15, 0.2) is 18.2 Å². The topological polar surface area (TPSA) is 81.4 Å². The fourth-order valence-corrected chi connectivity index (χ4v) is 1.62. The molecule has 0 radical (unpaired) electrons. The molecule has 3 N–H and O–H groups in total. The summed E-state index contributed by atoms with van der Waals surface area (Å²) in [4.78, 5) is 23.1. The summed E-state index contributed by atoms with van der Waals surface area (Å²) in [5.74, 6) is -0.427. The Morgan fingerprint density at radius 1 is 1.37 bits per heavy atom. The van der Waals surface area contributed by atoms with Gasteiger partial charge in [-0.2, -0.15) is 0 Å². The first-order valence-corrected chi connectivity index (χ1v) is 6.36. The molecule has 1 aromatic rings. The molecule has 0 fully saturated rings. The minimum Gasteiger partial charge on any atom is -0.462 e. The van der Waals surface area contributed by atoms with Crippen molar-refractivity contribution in [3.05, 3.63) is 29.3 Å². The third-order valence-corrected chi connectivity index (χ3v) is 2.62. The summed E-state index contributed by atoms with van der Waals surface area (Å²) in [6.45, 7) is 4.43. The zero-order valence-electron chi connectivity index (χ0n) is 11.4. The van der Waals surface area contributed by atoms with E-state index in [4.69, 9.17) is 10.5 Å². The van der Waals surface area contributed by atoms with E-state index in [2.05, 4.69) is 5.32 Å². The van der Waals surface area contributed by atoms with E-state index in [0.717, 1.165) is 5.56 Å². The average Bonchev–Trinajstić information content (AvgIpc) is 2.39. The van der Waals surface area contributed by atoms with E-state index in [1.165, 1.54) is 0 Å². The van der Waals surface area contributed by atoms with E-state index >= 15 is 0 Å². The normalized spacial score (nSPS) is 10.1. The summed E-state index contributed by atoms with van der Waals surface area (Å²) in [7, 11) is 0. The molecule has 0 aliphatic carbocycles. The van der Waals surface area contributed by atoms with Crippen LogP contribution in [-0.2, 0) is 9.53 Å². The number of carbonyl (C=O) groups excluding carboxylic acids is 2. The number of hydrogen-bond acceptors (Lipinski definition) is 4. The van der Waals surface area contributed by atoms with Gasteiger partial charge in [0, 0.05) is 12.1 Å². The predicted molar refractivity (Wildman–Crippen MR) is 74.1 cm³/mol. The molecule has 0 atom stereocenters. The fraction of sp³-hybridized carbons (Fsp3) is 0.429. The highest BCUT2D eigenvalue weighted by atomic mass is 16.5. The van der Waals surface area contributed by atoms with Crippen LogP contribution in [0.5, 0.6) is 0 Å². The molecule has 0 unspecified atom stereocenters. The van der Waals surface area contributed by atoms with Gasteiger partial charge in [0.05, 0.1) is 12.2 Å². The summed E-state index contributed by atoms with van der Waals surface area (Å²) in [5.41, 5.74) is 7.37. The number of benzene rings is 1. The number of nitrogens with two attached hydrogens (primary N) is 1. The minimum atomic E-state index is -0.355. The monoisotopic (exact) mass is 264 g/mol. The third-order valence-electron chi connectivity index (χ3n) is 2.62. The molecule has 0 bridgehead atoms. The first kappa shape index (κ1) is 15.2. The lowest BCUT2D eigenvalue weighted by Gasteiger charge is -2.09. The van der Waals surface area contributed by atoms with Gasteiger partial charge in [-0.25, -0.2) is 4.79 Å². The lowest BCUT2D eigenvalue weighted by atomic mass is 10.1. The highest BCUT2D eigenvalue weighted by molar-refractivity contribution is 5.94. The Labute approximate surface area is 113 Å². The molecule has 0 heterocycles. The van der Waals surface area contributed by atoms with Gasteiger partial charge in [0.15, 0.2) is 0 Å². The number of hydrogen-bond donors (Lipinski definition) is 2. The number of rotatable bonds is 6. The van der Waals surface area contributed by atoms with Gasteiger partial charge in [0.2, 0.25) is 5.91 Å². The molecular formula is C14H20N2O3. The number of amides is 1. The molecule has 19 heavy (non-hydrogen) atoms. The van der Waals surface area contributed by atoms with E-state index in [1.807, 2.05) is 6.92 Å². The summed E-state index contributed by atoms with van der Waals surface area (Å²) in [6.07, 6.45) is 1.06. The van der Waals surface area contributed by atoms with Crippen LogP contribution in [0.1, 0.15) is 35.7 Å². The molecule has 0 spiro atoms. The van der Waals surface area contributed by atoms with E-state index in [1.54, 1.807) is 25.1 Å². The largest absolute Gasteiger partial charge is 0.462 e. The highest BCUT2D eigenvalue weighted by Crippen LogP contribution is 2.17. The molecule has 1 amide bonds. The van der Waals surface area contributed by atoms with Gasteiger partial charge in [-0.05, 0) is 50.6 Å². The Hall–Kier alpha value is -1.88. The summed E-state index contributed by atoms with van der Waals surface area (Å²) < 4.78 is 4.92. The van der Waals surface area contributed by atoms with Crippen molar-refractivity contribution < 1.29 is 14.3 Å². The molecule has 104 valence electrons. The Morgan fingerprint density at radius 2 is 2.11 bits per heavy atom. The maximum atomic E-state index is 11.6. The summed E-state index contributed by atoms with van der Waals surface area (Å²) in [5, 5.41) is 2.80. The van der Waals surface area contributed by atoms with Gasteiger partial charge in [-0.15, -0.1) is 0 Å². The van der Waals surface area contributed by atoms with Crippen molar-refractivity contribution in [1.29, 1.82) is 0 Å². The fourth-order valence-electron chi connectivity index (χ4n) is 1.62. The molecule has 5 nitrogen and oxygen atoms in total. The quantitative estimate of drug-likeness (QED) is 0.768. The van der Waals surface area contributed by atoms with Crippen LogP contribution in [0.3, 0.4) is 0 Å². The molecule has 1 rings (SSSR count). The van der Waals surface area contributed by atoms with Crippen molar-refractivity contribution in [2.24, 2.45) is 5.73 Å². The van der Waals surface area contributed by atoms with Gasteiger partial charge in [0.1, 0.15) is 0 Å². The first-order chi connectivity index (χ1) is 9.08.